The van der Waals surface area contributed by atoms with E-state index < -0.39 is 0 Å². The predicted molar refractivity (Wildman–Crippen MR) is 77.5 cm³/mol. The van der Waals surface area contributed by atoms with Crippen molar-refractivity contribution < 1.29 is 0 Å². The first-order valence-corrected chi connectivity index (χ1v) is 6.51. The van der Waals surface area contributed by atoms with Crippen LogP contribution in [0.1, 0.15) is 22.8 Å². The molecule has 3 N–H and O–H groups in total. The van der Waals surface area contributed by atoms with E-state index in [1.165, 1.54) is 11.5 Å². The zero-order valence-electron chi connectivity index (χ0n) is 10.3. The molecule has 0 aromatic carbocycles. The lowest BCUT2D eigenvalue weighted by Gasteiger charge is -2.12. The van der Waals surface area contributed by atoms with E-state index in [2.05, 4.69) is 19.7 Å². The Morgan fingerprint density at radius 3 is 2.61 bits per heavy atom. The number of hydrogen-bond acceptors (Lipinski definition) is 6. The summed E-state index contributed by atoms with van der Waals surface area (Å²) in [6.07, 6.45) is 0. The zero-order chi connectivity index (χ0) is 13.3. The van der Waals surface area contributed by atoms with Crippen LogP contribution in [-0.2, 0) is 0 Å². The smallest absolute Gasteiger partial charge is 0.207 e. The fourth-order valence-electron chi connectivity index (χ4n) is 1.70. The van der Waals surface area contributed by atoms with Crippen LogP contribution in [0.5, 0.6) is 0 Å². The molecule has 0 saturated carbocycles. The fourth-order valence-corrected chi connectivity index (χ4v) is 2.55. The van der Waals surface area contributed by atoms with Gasteiger partial charge in [-0.05, 0) is 26.8 Å². The van der Waals surface area contributed by atoms with Crippen molar-refractivity contribution >= 4 is 39.6 Å². The molecule has 18 heavy (non-hydrogen) atoms. The Bertz CT molecular complexity index is 605. The molecular weight excluding hydrogens is 266 g/mol. The van der Waals surface area contributed by atoms with Crippen molar-refractivity contribution in [3.05, 3.63) is 28.8 Å². The third kappa shape index (κ3) is 2.62. The Morgan fingerprint density at radius 2 is 2.06 bits per heavy atom. The molecule has 0 spiro atoms. The molecule has 0 atom stereocenters. The number of aryl methyl sites for hydroxylation is 3. The first-order valence-electron chi connectivity index (χ1n) is 5.32. The maximum Gasteiger partial charge on any atom is 0.207 e. The number of rotatable bonds is 3. The first-order chi connectivity index (χ1) is 8.47. The van der Waals surface area contributed by atoms with Crippen molar-refractivity contribution in [2.75, 3.05) is 5.32 Å². The molecule has 7 heteroatoms. The van der Waals surface area contributed by atoms with Crippen LogP contribution in [0.25, 0.3) is 0 Å². The van der Waals surface area contributed by atoms with E-state index in [0.717, 1.165) is 33.6 Å². The number of nitrogens with zero attached hydrogens (tertiary/aromatic N) is 3. The van der Waals surface area contributed by atoms with Crippen molar-refractivity contribution in [2.45, 2.75) is 20.8 Å². The summed E-state index contributed by atoms with van der Waals surface area (Å²) in [4.78, 5) is 8.94. The fraction of sp³-hybridized carbons (Fsp3) is 0.273. The van der Waals surface area contributed by atoms with Gasteiger partial charge in [-0.2, -0.15) is 4.37 Å². The Morgan fingerprint density at radius 1 is 1.33 bits per heavy atom. The molecule has 0 bridgehead atoms. The van der Waals surface area contributed by atoms with Crippen LogP contribution in [0, 0.1) is 20.8 Å². The van der Waals surface area contributed by atoms with Gasteiger partial charge in [-0.3, -0.25) is 4.98 Å². The van der Waals surface area contributed by atoms with Crippen molar-refractivity contribution in [3.8, 4) is 0 Å². The quantitative estimate of drug-likeness (QED) is 0.839. The molecule has 0 radical (unpaired) electrons. The van der Waals surface area contributed by atoms with Crippen LogP contribution in [0.3, 0.4) is 0 Å². The molecule has 2 heterocycles. The van der Waals surface area contributed by atoms with Gasteiger partial charge >= 0.3 is 0 Å². The van der Waals surface area contributed by atoms with Crippen LogP contribution >= 0.6 is 23.8 Å². The maximum atomic E-state index is 5.74. The first kappa shape index (κ1) is 12.8. The standard InChI is InChI=1S/C11H13N5S2/c1-5-4-8(9(10(12)17)6(2)13-5)15-11-14-7(3)16-18-11/h4H,1-3H3,(H2,12,17)(H,13,14,15,16). The van der Waals surface area contributed by atoms with Crippen molar-refractivity contribution in [1.82, 2.24) is 14.3 Å². The second-order valence-corrected chi connectivity index (χ2v) is 5.10. The lowest BCUT2D eigenvalue weighted by molar-refractivity contribution is 1.11. The van der Waals surface area contributed by atoms with E-state index in [0.29, 0.717) is 4.99 Å². The average molecular weight is 279 g/mol. The van der Waals surface area contributed by atoms with Gasteiger partial charge in [-0.25, -0.2) is 4.98 Å². The van der Waals surface area contributed by atoms with Gasteiger partial charge in [0.25, 0.3) is 0 Å². The Kier molecular flexibility index (Phi) is 3.53. The number of nitrogens with two attached hydrogens (primary N) is 1. The van der Waals surface area contributed by atoms with Gasteiger partial charge in [0.2, 0.25) is 5.13 Å². The van der Waals surface area contributed by atoms with E-state index >= 15 is 0 Å². The van der Waals surface area contributed by atoms with Gasteiger partial charge in [0, 0.05) is 22.9 Å². The lowest BCUT2D eigenvalue weighted by atomic mass is 10.1. The van der Waals surface area contributed by atoms with Crippen LogP contribution in [0.15, 0.2) is 6.07 Å². The molecule has 0 saturated heterocycles. The highest BCUT2D eigenvalue weighted by atomic mass is 32.1. The molecule has 94 valence electrons. The third-order valence-corrected chi connectivity index (χ3v) is 3.27. The summed E-state index contributed by atoms with van der Waals surface area (Å²) < 4.78 is 4.12. The molecule has 0 amide bonds. The number of anilines is 2. The summed E-state index contributed by atoms with van der Waals surface area (Å²) >= 11 is 6.37. The normalized spacial score (nSPS) is 10.4. The SMILES string of the molecule is Cc1cc(Nc2nc(C)ns2)c(C(N)=S)c(C)n1. The highest BCUT2D eigenvalue weighted by Crippen LogP contribution is 2.24. The Labute approximate surface area is 115 Å². The maximum absolute atomic E-state index is 5.74. The molecule has 0 aliphatic carbocycles. The third-order valence-electron chi connectivity index (χ3n) is 2.34. The van der Waals surface area contributed by atoms with E-state index in [1.807, 2.05) is 26.8 Å². The number of aromatic nitrogens is 3. The molecule has 0 aliphatic rings. The van der Waals surface area contributed by atoms with Crippen molar-refractivity contribution in [2.24, 2.45) is 5.73 Å². The molecule has 0 aliphatic heterocycles. The van der Waals surface area contributed by atoms with Crippen molar-refractivity contribution in [3.63, 3.8) is 0 Å². The van der Waals surface area contributed by atoms with Gasteiger partial charge in [-0.15, -0.1) is 0 Å². The minimum Gasteiger partial charge on any atom is -0.389 e. The highest BCUT2D eigenvalue weighted by molar-refractivity contribution is 7.80. The van der Waals surface area contributed by atoms with Crippen LogP contribution in [0.4, 0.5) is 10.8 Å². The molecular formula is C11H13N5S2. The van der Waals surface area contributed by atoms with Gasteiger partial charge in [0.15, 0.2) is 0 Å². The Hall–Kier alpha value is -1.60. The molecule has 2 aromatic rings. The van der Waals surface area contributed by atoms with E-state index in [9.17, 15) is 0 Å². The Balaban J connectivity index is 2.45. The predicted octanol–water partition coefficient (Wildman–Crippen LogP) is 2.24. The summed E-state index contributed by atoms with van der Waals surface area (Å²) in [5, 5.41) is 3.91. The topological polar surface area (TPSA) is 76.7 Å². The lowest BCUT2D eigenvalue weighted by Crippen LogP contribution is -2.15. The number of nitrogens with one attached hydrogen (secondary N) is 1. The second kappa shape index (κ2) is 4.95. The van der Waals surface area contributed by atoms with E-state index in [-0.39, 0.29) is 0 Å². The number of thiocarbonyl (C=S) groups is 1. The van der Waals surface area contributed by atoms with Crippen LogP contribution in [0.2, 0.25) is 0 Å². The number of pyridine rings is 1. The summed E-state index contributed by atoms with van der Waals surface area (Å²) in [5.74, 6) is 0.738. The summed E-state index contributed by atoms with van der Waals surface area (Å²) in [7, 11) is 0. The zero-order valence-corrected chi connectivity index (χ0v) is 11.9. The van der Waals surface area contributed by atoms with Gasteiger partial charge in [-0.1, -0.05) is 12.2 Å². The van der Waals surface area contributed by atoms with Crippen LogP contribution < -0.4 is 11.1 Å². The minimum absolute atomic E-state index is 0.323. The molecule has 0 fully saturated rings. The average Bonchev–Trinajstić information content (AvgIpc) is 2.62. The van der Waals surface area contributed by atoms with Gasteiger partial charge in [0.05, 0.1) is 11.3 Å². The van der Waals surface area contributed by atoms with Crippen LogP contribution in [-0.4, -0.2) is 19.3 Å². The highest BCUT2D eigenvalue weighted by Gasteiger charge is 2.12. The van der Waals surface area contributed by atoms with Gasteiger partial charge in [0.1, 0.15) is 10.8 Å². The molecule has 2 aromatic heterocycles. The molecule has 5 nitrogen and oxygen atoms in total. The monoisotopic (exact) mass is 279 g/mol. The second-order valence-electron chi connectivity index (χ2n) is 3.91. The minimum atomic E-state index is 0.323. The van der Waals surface area contributed by atoms with Crippen molar-refractivity contribution in [1.29, 1.82) is 0 Å². The summed E-state index contributed by atoms with van der Waals surface area (Å²) in [5.41, 5.74) is 9.03. The number of hydrogen-bond donors (Lipinski definition) is 2. The van der Waals surface area contributed by atoms with Gasteiger partial charge < -0.3 is 11.1 Å². The molecule has 2 rings (SSSR count). The summed E-state index contributed by atoms with van der Waals surface area (Å²) in [6.45, 7) is 5.66. The largest absolute Gasteiger partial charge is 0.389 e. The van der Waals surface area contributed by atoms with E-state index in [1.54, 1.807) is 0 Å². The van der Waals surface area contributed by atoms with E-state index in [4.69, 9.17) is 18.0 Å². The summed E-state index contributed by atoms with van der Waals surface area (Å²) in [6, 6.07) is 1.90. The molecule has 0 unspecified atom stereocenters.